The largest absolute Gasteiger partial charge is 0.358 e. The third-order valence-electron chi connectivity index (χ3n) is 8.20. The molecule has 2 aromatic heterocycles. The van der Waals surface area contributed by atoms with Crippen LogP contribution in [0.2, 0.25) is 0 Å². The summed E-state index contributed by atoms with van der Waals surface area (Å²) in [5.74, 6) is -0.306. The van der Waals surface area contributed by atoms with Gasteiger partial charge in [0.05, 0.1) is 38.8 Å². The Kier molecular flexibility index (Phi) is 9.51. The molecule has 1 aliphatic heterocycles. The summed E-state index contributed by atoms with van der Waals surface area (Å²) in [6.07, 6.45) is 4.00. The first kappa shape index (κ1) is 31.6. The van der Waals surface area contributed by atoms with Crippen LogP contribution >= 0.6 is 0 Å². The molecule has 0 bridgehead atoms. The Morgan fingerprint density at radius 1 is 1.23 bits per heavy atom. The molecule has 1 aliphatic rings. The van der Waals surface area contributed by atoms with E-state index in [-0.39, 0.29) is 17.6 Å². The van der Waals surface area contributed by atoms with Gasteiger partial charge in [-0.3, -0.25) is 9.59 Å². The molecule has 0 atom stereocenters. The van der Waals surface area contributed by atoms with Crippen molar-refractivity contribution >= 4 is 35.0 Å². The van der Waals surface area contributed by atoms with Crippen LogP contribution in [0.15, 0.2) is 24.5 Å². The molecular weight excluding hydrogens is 548 g/mol. The molecule has 0 saturated heterocycles. The number of aromatic nitrogens is 3. The lowest BCUT2D eigenvalue weighted by molar-refractivity contribution is -0.903. The summed E-state index contributed by atoms with van der Waals surface area (Å²) < 4.78 is 1.94. The number of nitro groups is 1. The van der Waals surface area contributed by atoms with Gasteiger partial charge in [-0.05, 0) is 61.2 Å². The number of imidazole rings is 1. The first-order chi connectivity index (χ1) is 20.3. The number of hydrogen-bond acceptors (Lipinski definition) is 6. The maximum Gasteiger partial charge on any atom is 0.351 e. The number of aromatic amines is 1. The van der Waals surface area contributed by atoms with Crippen molar-refractivity contribution in [2.45, 2.75) is 40.7 Å². The predicted molar refractivity (Wildman–Crippen MR) is 168 cm³/mol. The van der Waals surface area contributed by atoms with Crippen LogP contribution in [0.5, 0.6) is 0 Å². The number of hydrogen-bond donors (Lipinski definition) is 3. The molecule has 0 saturated carbocycles. The van der Waals surface area contributed by atoms with Crippen LogP contribution in [-0.4, -0.2) is 87.5 Å². The molecule has 0 unspecified atom stereocenters. The second-order valence-corrected chi connectivity index (χ2v) is 11.8. The van der Waals surface area contributed by atoms with E-state index in [1.165, 1.54) is 10.9 Å². The number of anilines is 1. The third kappa shape index (κ3) is 7.03. The van der Waals surface area contributed by atoms with E-state index in [4.69, 9.17) is 0 Å². The summed E-state index contributed by atoms with van der Waals surface area (Å²) in [5, 5.41) is 17.5. The lowest BCUT2D eigenvalue weighted by Gasteiger charge is -2.29. The fourth-order valence-corrected chi connectivity index (χ4v) is 5.63. The SMILES string of the molecule is CCN(CC)CCNC(=O)c1c(C)[nH]c(/C=C2\C(=O)Nc3ccc(CC[N+](C)(C)Cc4ncn(C)c4[N+](=O)[O-])cc32)c1C. The smallest absolute Gasteiger partial charge is 0.351 e. The number of aryl methyl sites for hydroxylation is 2. The molecule has 0 spiro atoms. The summed E-state index contributed by atoms with van der Waals surface area (Å²) >= 11 is 0. The minimum atomic E-state index is -0.392. The highest BCUT2D eigenvalue weighted by Gasteiger charge is 2.29. The van der Waals surface area contributed by atoms with Gasteiger partial charge in [0.1, 0.15) is 6.54 Å². The number of nitrogens with one attached hydrogen (secondary N) is 3. The zero-order valence-electron chi connectivity index (χ0n) is 26.2. The van der Waals surface area contributed by atoms with Gasteiger partial charge >= 0.3 is 5.82 Å². The average Bonchev–Trinajstić information content (AvgIpc) is 3.56. The van der Waals surface area contributed by atoms with Crippen molar-refractivity contribution in [1.29, 1.82) is 0 Å². The number of likely N-dealkylation sites (N-methyl/N-ethyl adjacent to an activating group) is 2. The van der Waals surface area contributed by atoms with Crippen molar-refractivity contribution in [3.8, 4) is 0 Å². The molecule has 3 aromatic rings. The van der Waals surface area contributed by atoms with Crippen molar-refractivity contribution in [1.82, 2.24) is 24.8 Å². The second kappa shape index (κ2) is 12.9. The van der Waals surface area contributed by atoms with E-state index in [1.54, 1.807) is 7.05 Å². The molecule has 230 valence electrons. The Morgan fingerprint density at radius 3 is 2.63 bits per heavy atom. The second-order valence-electron chi connectivity index (χ2n) is 11.8. The van der Waals surface area contributed by atoms with Gasteiger partial charge in [-0.25, -0.2) is 9.55 Å². The van der Waals surface area contributed by atoms with Gasteiger partial charge < -0.3 is 35.1 Å². The number of fused-ring (bicyclic) bond motifs is 1. The van der Waals surface area contributed by atoms with E-state index < -0.39 is 4.92 Å². The van der Waals surface area contributed by atoms with Crippen LogP contribution in [-0.2, 0) is 24.8 Å². The Morgan fingerprint density at radius 2 is 1.95 bits per heavy atom. The third-order valence-corrected chi connectivity index (χ3v) is 8.20. The Labute approximate surface area is 252 Å². The van der Waals surface area contributed by atoms with Crippen LogP contribution in [0.3, 0.4) is 0 Å². The zero-order valence-corrected chi connectivity index (χ0v) is 26.2. The lowest BCUT2D eigenvalue weighted by Crippen LogP contribution is -2.40. The van der Waals surface area contributed by atoms with Crippen LogP contribution in [0.4, 0.5) is 11.5 Å². The van der Waals surface area contributed by atoms with Gasteiger partial charge in [-0.15, -0.1) is 0 Å². The van der Waals surface area contributed by atoms with E-state index in [9.17, 15) is 19.7 Å². The van der Waals surface area contributed by atoms with Crippen molar-refractivity contribution in [3.05, 3.63) is 74.0 Å². The summed E-state index contributed by atoms with van der Waals surface area (Å²) in [7, 11) is 5.67. The molecule has 2 amide bonds. The Balaban J connectivity index is 1.50. The standard InChI is InChI=1S/C31H42N8O4/c1-8-37(9-2)14-13-32-30(41)28-20(3)26(34-21(28)4)17-24-23-16-22(10-11-25(23)35-29(24)40)12-15-39(6,7)18-27-31(38(42)43)36(5)19-33-27/h10-11,16-17,19H,8-9,12-15,18H2,1-7H3,(H2-,32,34,35,40,41)/p+1. The predicted octanol–water partition coefficient (Wildman–Crippen LogP) is 3.66. The molecule has 0 radical (unpaired) electrons. The first-order valence-corrected chi connectivity index (χ1v) is 14.7. The van der Waals surface area contributed by atoms with Gasteiger partial charge in [0, 0.05) is 42.1 Å². The molecule has 4 rings (SSSR count). The number of quaternary nitrogens is 1. The van der Waals surface area contributed by atoms with Gasteiger partial charge in [-0.1, -0.05) is 19.9 Å². The molecule has 43 heavy (non-hydrogen) atoms. The maximum atomic E-state index is 13.0. The minimum absolute atomic E-state index is 0.0122. The van der Waals surface area contributed by atoms with E-state index in [0.717, 1.165) is 53.4 Å². The Hall–Kier alpha value is -4.29. The number of H-pyrrole nitrogens is 1. The van der Waals surface area contributed by atoms with Crippen molar-refractivity contribution in [2.24, 2.45) is 7.05 Å². The van der Waals surface area contributed by atoms with Crippen molar-refractivity contribution in [2.75, 3.05) is 52.1 Å². The number of rotatable bonds is 13. The molecule has 1 aromatic carbocycles. The monoisotopic (exact) mass is 591 g/mol. The number of carbonyl (C=O) groups excluding carboxylic acids is 2. The highest BCUT2D eigenvalue weighted by atomic mass is 16.6. The van der Waals surface area contributed by atoms with Crippen molar-refractivity contribution < 1.29 is 19.0 Å². The Bertz CT molecular complexity index is 1560. The van der Waals surface area contributed by atoms with Gasteiger partial charge in [0.2, 0.25) is 0 Å². The van der Waals surface area contributed by atoms with Gasteiger partial charge in [0.15, 0.2) is 12.0 Å². The van der Waals surface area contributed by atoms with Gasteiger partial charge in [0.25, 0.3) is 11.8 Å². The fourth-order valence-electron chi connectivity index (χ4n) is 5.63. The van der Waals surface area contributed by atoms with Crippen molar-refractivity contribution in [3.63, 3.8) is 0 Å². The number of nitrogens with zero attached hydrogens (tertiary/aromatic N) is 5. The molecule has 3 N–H and O–H groups in total. The summed E-state index contributed by atoms with van der Waals surface area (Å²) in [5.41, 5.74) is 6.48. The average molecular weight is 592 g/mol. The van der Waals surface area contributed by atoms with Crippen LogP contribution in [0.1, 0.15) is 58.0 Å². The van der Waals surface area contributed by atoms with E-state index in [1.807, 2.05) is 52.2 Å². The molecular formula is C31H43N8O4+. The summed E-state index contributed by atoms with van der Waals surface area (Å²) in [6.45, 7) is 12.3. The van der Waals surface area contributed by atoms with Crippen LogP contribution in [0.25, 0.3) is 11.6 Å². The quantitative estimate of drug-likeness (QED) is 0.120. The number of benzene rings is 1. The molecule has 0 fully saturated rings. The number of amides is 2. The topological polar surface area (TPSA) is 138 Å². The highest BCUT2D eigenvalue weighted by molar-refractivity contribution is 6.35. The molecule has 3 heterocycles. The van der Waals surface area contributed by atoms with E-state index in [0.29, 0.717) is 47.4 Å². The fraction of sp³-hybridized carbons (Fsp3) is 0.452. The minimum Gasteiger partial charge on any atom is -0.358 e. The van der Waals surface area contributed by atoms with E-state index >= 15 is 0 Å². The normalized spacial score (nSPS) is 14.0. The van der Waals surface area contributed by atoms with E-state index in [2.05, 4.69) is 39.3 Å². The molecule has 0 aliphatic carbocycles. The first-order valence-electron chi connectivity index (χ1n) is 14.7. The molecule has 12 nitrogen and oxygen atoms in total. The summed E-state index contributed by atoms with van der Waals surface area (Å²) in [6, 6.07) is 5.93. The van der Waals surface area contributed by atoms with Crippen LogP contribution < -0.4 is 10.6 Å². The highest BCUT2D eigenvalue weighted by Crippen LogP contribution is 2.35. The summed E-state index contributed by atoms with van der Waals surface area (Å²) in [4.78, 5) is 47.0. The maximum absolute atomic E-state index is 13.0. The number of carbonyl (C=O) groups is 2. The van der Waals surface area contributed by atoms with Crippen LogP contribution in [0, 0.1) is 24.0 Å². The zero-order chi connectivity index (χ0) is 31.5. The van der Waals surface area contributed by atoms with Gasteiger partial charge in [-0.2, -0.15) is 0 Å². The lowest BCUT2D eigenvalue weighted by atomic mass is 10.0. The molecule has 12 heteroatoms.